The number of nitrogens with one attached hydrogen (secondary N) is 3. The van der Waals surface area contributed by atoms with Gasteiger partial charge in [-0.1, -0.05) is 49.3 Å². The molecule has 0 heterocycles. The van der Waals surface area contributed by atoms with E-state index in [2.05, 4.69) is 70.9 Å². The minimum atomic E-state index is -4.16. The largest absolute Gasteiger partial charge is 0.397 e. The first-order chi connectivity index (χ1) is 11.9. The molecule has 0 aliphatic heterocycles. The van der Waals surface area contributed by atoms with Crippen molar-refractivity contribution in [2.24, 2.45) is 0 Å². The van der Waals surface area contributed by atoms with Crippen LogP contribution in [0.2, 0.25) is 0 Å². The third-order valence-electron chi connectivity index (χ3n) is 3.80. The lowest BCUT2D eigenvalue weighted by molar-refractivity contribution is 0.228. The first-order valence-electron chi connectivity index (χ1n) is 9.57. The molecule has 26 heavy (non-hydrogen) atoms. The van der Waals surface area contributed by atoms with Crippen molar-refractivity contribution in [1.29, 1.82) is 0 Å². The number of rotatable bonds is 13. The van der Waals surface area contributed by atoms with Crippen molar-refractivity contribution in [2.45, 2.75) is 104 Å². The van der Waals surface area contributed by atoms with Crippen LogP contribution in [0.15, 0.2) is 0 Å². The smallest absolute Gasteiger partial charge is 0.281 e. The summed E-state index contributed by atoms with van der Waals surface area (Å²) in [6.45, 7) is 13.5. The lowest BCUT2D eigenvalue weighted by Gasteiger charge is -2.40. The van der Waals surface area contributed by atoms with E-state index in [1.54, 1.807) is 0 Å². The zero-order valence-electron chi connectivity index (χ0n) is 17.6. The molecule has 0 radical (unpaired) electrons. The summed E-state index contributed by atoms with van der Waals surface area (Å²) in [6.07, 6.45) is 7.23. The van der Waals surface area contributed by atoms with Gasteiger partial charge in [-0.3, -0.25) is 24.7 Å². The van der Waals surface area contributed by atoms with Gasteiger partial charge in [-0.25, -0.2) is 0 Å². The second-order valence-electron chi connectivity index (χ2n) is 6.90. The summed E-state index contributed by atoms with van der Waals surface area (Å²) in [7, 11) is -0.326. The van der Waals surface area contributed by atoms with E-state index in [1.165, 1.54) is 38.5 Å². The van der Waals surface area contributed by atoms with Gasteiger partial charge < -0.3 is 0 Å². The van der Waals surface area contributed by atoms with Crippen LogP contribution in [0.5, 0.6) is 0 Å². The van der Waals surface area contributed by atoms with E-state index in [0.717, 1.165) is 7.11 Å². The highest BCUT2D eigenvalue weighted by molar-refractivity contribution is 7.80. The molecule has 0 aliphatic rings. The van der Waals surface area contributed by atoms with E-state index in [4.69, 9.17) is 4.55 Å². The standard InChI is InChI=1S/C16H38N3P.CH4O4S/c1-7-10-13(4)17-16(20,18-14(5)11-8-2)19-15(6)12-9-3;1-5-6(2,3)4/h13-15,17-19H,7-12,20H2,1-6H3;1H3,(H,2,3,4). The third-order valence-corrected chi connectivity index (χ3v) is 4.72. The fourth-order valence-corrected chi connectivity index (χ4v) is 3.66. The third kappa shape index (κ3) is 17.6. The quantitative estimate of drug-likeness (QED) is 0.208. The van der Waals surface area contributed by atoms with E-state index in [1.807, 2.05) is 0 Å². The molecule has 7 nitrogen and oxygen atoms in total. The molecule has 0 bridgehead atoms. The average molecular weight is 416 g/mol. The van der Waals surface area contributed by atoms with Crippen molar-refractivity contribution in [3.63, 3.8) is 0 Å². The molecule has 0 aromatic carbocycles. The lowest BCUT2D eigenvalue weighted by atomic mass is 10.1. The van der Waals surface area contributed by atoms with Gasteiger partial charge in [0.05, 0.1) is 7.11 Å². The monoisotopic (exact) mass is 415 g/mol. The Bertz CT molecular complexity index is 402. The molecule has 9 heteroatoms. The molecule has 4 unspecified atom stereocenters. The molecule has 0 aliphatic carbocycles. The maximum absolute atomic E-state index is 9.33. The van der Waals surface area contributed by atoms with Gasteiger partial charge in [-0.05, 0) is 40.0 Å². The Labute approximate surface area is 164 Å². The van der Waals surface area contributed by atoms with Crippen molar-refractivity contribution in [3.8, 4) is 0 Å². The molecule has 0 fully saturated rings. The fourth-order valence-electron chi connectivity index (χ4n) is 2.81. The fraction of sp³-hybridized carbons (Fsp3) is 1.00. The second kappa shape index (κ2) is 15.1. The Morgan fingerprint density at radius 1 is 0.885 bits per heavy atom. The molecular weight excluding hydrogens is 373 g/mol. The molecule has 0 saturated carbocycles. The Morgan fingerprint density at radius 2 is 1.12 bits per heavy atom. The molecule has 4 N–H and O–H groups in total. The molecule has 4 atom stereocenters. The minimum Gasteiger partial charge on any atom is -0.281 e. The van der Waals surface area contributed by atoms with Crippen LogP contribution in [-0.2, 0) is 14.6 Å². The van der Waals surface area contributed by atoms with E-state index >= 15 is 0 Å². The molecule has 0 aromatic rings. The highest BCUT2D eigenvalue weighted by Gasteiger charge is 2.28. The number of hydrogen-bond acceptors (Lipinski definition) is 6. The Hall–Kier alpha value is 0.180. The van der Waals surface area contributed by atoms with Crippen LogP contribution in [0, 0.1) is 0 Å². The SMILES string of the molecule is CCCC(C)NC(P)(NC(C)CCC)NC(C)CCC.COS(=O)(=O)O. The van der Waals surface area contributed by atoms with Crippen molar-refractivity contribution in [1.82, 2.24) is 16.0 Å². The van der Waals surface area contributed by atoms with Crippen molar-refractivity contribution in [2.75, 3.05) is 7.11 Å². The summed E-state index contributed by atoms with van der Waals surface area (Å²) in [4.78, 5) is 0. The summed E-state index contributed by atoms with van der Waals surface area (Å²) in [5.74, 6) is 0. The van der Waals surface area contributed by atoms with Crippen LogP contribution in [0.25, 0.3) is 0 Å². The van der Waals surface area contributed by atoms with Gasteiger partial charge in [-0.15, -0.1) is 0 Å². The normalized spacial score (nSPS) is 17.6. The van der Waals surface area contributed by atoms with Crippen molar-refractivity contribution in [3.05, 3.63) is 0 Å². The van der Waals surface area contributed by atoms with Gasteiger partial charge >= 0.3 is 10.4 Å². The van der Waals surface area contributed by atoms with Crippen molar-refractivity contribution < 1.29 is 17.2 Å². The maximum atomic E-state index is 9.33. The van der Waals surface area contributed by atoms with Gasteiger partial charge in [-0.2, -0.15) is 8.42 Å². The Balaban J connectivity index is 0. The van der Waals surface area contributed by atoms with E-state index < -0.39 is 10.4 Å². The minimum absolute atomic E-state index is 0.266. The molecular formula is C17H42N3O4PS. The van der Waals surface area contributed by atoms with Gasteiger partial charge in [0, 0.05) is 18.1 Å². The molecule has 0 rings (SSSR count). The second-order valence-corrected chi connectivity index (χ2v) is 8.96. The summed E-state index contributed by atoms with van der Waals surface area (Å²) in [6, 6.07) is 1.50. The summed E-state index contributed by atoms with van der Waals surface area (Å²) >= 11 is 0. The maximum Gasteiger partial charge on any atom is 0.397 e. The molecule has 0 aromatic heterocycles. The molecule has 0 saturated heterocycles. The Kier molecular flexibility index (Phi) is 16.5. The zero-order valence-corrected chi connectivity index (χ0v) is 19.6. The summed E-state index contributed by atoms with van der Waals surface area (Å²) in [5.41, 5.74) is -0.266. The van der Waals surface area contributed by atoms with Gasteiger partial charge in [0.1, 0.15) is 5.53 Å². The van der Waals surface area contributed by atoms with Crippen molar-refractivity contribution >= 4 is 19.6 Å². The van der Waals surface area contributed by atoms with Crippen LogP contribution >= 0.6 is 9.24 Å². The highest BCUT2D eigenvalue weighted by Crippen LogP contribution is 2.15. The molecule has 160 valence electrons. The molecule has 0 spiro atoms. The van der Waals surface area contributed by atoms with E-state index in [9.17, 15) is 8.42 Å². The zero-order chi connectivity index (χ0) is 20.8. The van der Waals surface area contributed by atoms with Crippen LogP contribution < -0.4 is 16.0 Å². The van der Waals surface area contributed by atoms with E-state index in [-0.39, 0.29) is 5.53 Å². The topological polar surface area (TPSA) is 99.7 Å². The van der Waals surface area contributed by atoms with E-state index in [0.29, 0.717) is 18.1 Å². The number of hydrogen-bond donors (Lipinski definition) is 4. The Morgan fingerprint density at radius 3 is 1.27 bits per heavy atom. The van der Waals surface area contributed by atoms with Gasteiger partial charge in [0.25, 0.3) is 0 Å². The van der Waals surface area contributed by atoms with Gasteiger partial charge in [0.15, 0.2) is 0 Å². The molecule has 0 amide bonds. The first-order valence-corrected chi connectivity index (χ1v) is 11.5. The highest BCUT2D eigenvalue weighted by atomic mass is 32.3. The predicted molar refractivity (Wildman–Crippen MR) is 114 cm³/mol. The first kappa shape index (κ1) is 28.4. The lowest BCUT2D eigenvalue weighted by Crippen LogP contribution is -2.67. The predicted octanol–water partition coefficient (Wildman–Crippen LogP) is 3.24. The summed E-state index contributed by atoms with van der Waals surface area (Å²) < 4.78 is 29.7. The van der Waals surface area contributed by atoms with Crippen LogP contribution in [0.4, 0.5) is 0 Å². The average Bonchev–Trinajstić information content (AvgIpc) is 2.46. The van der Waals surface area contributed by atoms with Gasteiger partial charge in [0.2, 0.25) is 0 Å². The summed E-state index contributed by atoms with van der Waals surface area (Å²) in [5, 5.41) is 11.1. The van der Waals surface area contributed by atoms with Crippen LogP contribution in [0.1, 0.15) is 80.1 Å². The van der Waals surface area contributed by atoms with Crippen LogP contribution in [-0.4, -0.2) is 43.7 Å². The van der Waals surface area contributed by atoms with Crippen LogP contribution in [0.3, 0.4) is 0 Å².